The number of methoxy groups -OCH3 is 1. The third kappa shape index (κ3) is 8.82. The summed E-state index contributed by atoms with van der Waals surface area (Å²) in [5, 5.41) is 18.8. The lowest BCUT2D eigenvalue weighted by molar-refractivity contribution is -0.0584. The maximum atomic E-state index is 15.1. The molecule has 0 aromatic heterocycles. The van der Waals surface area contributed by atoms with E-state index in [9.17, 15) is 9.90 Å². The highest BCUT2D eigenvalue weighted by Gasteiger charge is 2.44. The molecular formula is C30H50FN3O4. The smallest absolute Gasteiger partial charge is 0.317 e. The molecule has 1 aromatic carbocycles. The number of likely N-dealkylation sites (tertiary alicyclic amines) is 1. The summed E-state index contributed by atoms with van der Waals surface area (Å²) >= 11 is 0. The van der Waals surface area contributed by atoms with Crippen molar-refractivity contribution in [1.82, 2.24) is 15.5 Å². The lowest BCUT2D eigenvalue weighted by atomic mass is 9.73. The van der Waals surface area contributed by atoms with Gasteiger partial charge in [-0.2, -0.15) is 0 Å². The predicted molar refractivity (Wildman–Crippen MR) is 149 cm³/mol. The molecule has 8 heteroatoms. The number of carbonyl (C=O) groups is 1. The second-order valence-corrected chi connectivity index (χ2v) is 12.5. The van der Waals surface area contributed by atoms with E-state index >= 15 is 4.39 Å². The van der Waals surface area contributed by atoms with E-state index in [0.29, 0.717) is 50.8 Å². The second kappa shape index (κ2) is 13.9. The fourth-order valence-corrected chi connectivity index (χ4v) is 5.66. The molecule has 0 spiro atoms. The fraction of sp³-hybridized carbons (Fsp3) is 0.767. The Kier molecular flexibility index (Phi) is 11.2. The van der Waals surface area contributed by atoms with Gasteiger partial charge in [-0.25, -0.2) is 9.18 Å². The van der Waals surface area contributed by atoms with E-state index in [2.05, 4.69) is 31.4 Å². The Hall–Kier alpha value is -1.90. The van der Waals surface area contributed by atoms with Crippen LogP contribution in [-0.2, 0) is 10.3 Å². The average Bonchev–Trinajstić information content (AvgIpc) is 3.69. The zero-order chi connectivity index (χ0) is 27.8. The minimum Gasteiger partial charge on any atom is -0.490 e. The molecule has 1 saturated carbocycles. The van der Waals surface area contributed by atoms with Crippen LogP contribution in [0.1, 0.15) is 77.7 Å². The summed E-state index contributed by atoms with van der Waals surface area (Å²) in [6, 6.07) is 4.75. The van der Waals surface area contributed by atoms with Crippen molar-refractivity contribution < 1.29 is 23.8 Å². The molecule has 38 heavy (non-hydrogen) atoms. The number of aliphatic hydroxyl groups is 1. The van der Waals surface area contributed by atoms with Crippen molar-refractivity contribution in [3.05, 3.63) is 29.6 Å². The Labute approximate surface area is 228 Å². The molecule has 1 aliphatic carbocycles. The summed E-state index contributed by atoms with van der Waals surface area (Å²) in [5.74, 6) is -0.0554. The number of ether oxygens (including phenoxy) is 2. The van der Waals surface area contributed by atoms with Gasteiger partial charge < -0.3 is 30.1 Å². The number of piperidine rings is 1. The number of nitrogens with one attached hydrogen (secondary N) is 2. The normalized spacial score (nSPS) is 20.6. The second-order valence-electron chi connectivity index (χ2n) is 12.5. The molecule has 1 saturated heterocycles. The summed E-state index contributed by atoms with van der Waals surface area (Å²) in [6.07, 6.45) is 6.55. The molecule has 0 radical (unpaired) electrons. The maximum absolute atomic E-state index is 15.1. The van der Waals surface area contributed by atoms with Crippen molar-refractivity contribution in [1.29, 1.82) is 0 Å². The third-order valence-electron chi connectivity index (χ3n) is 7.77. The van der Waals surface area contributed by atoms with E-state index in [0.717, 1.165) is 44.9 Å². The van der Waals surface area contributed by atoms with Gasteiger partial charge in [0.15, 0.2) is 11.6 Å². The van der Waals surface area contributed by atoms with E-state index < -0.39 is 11.4 Å². The molecule has 216 valence electrons. The van der Waals surface area contributed by atoms with Crippen LogP contribution in [0.25, 0.3) is 0 Å². The zero-order valence-corrected chi connectivity index (χ0v) is 24.2. The highest BCUT2D eigenvalue weighted by Crippen LogP contribution is 2.45. The first-order valence-corrected chi connectivity index (χ1v) is 14.4. The molecule has 1 aliphatic heterocycles. The van der Waals surface area contributed by atoms with Gasteiger partial charge in [0.25, 0.3) is 0 Å². The third-order valence-corrected chi connectivity index (χ3v) is 7.77. The van der Waals surface area contributed by atoms with Crippen molar-refractivity contribution in [3.8, 4) is 5.75 Å². The van der Waals surface area contributed by atoms with Gasteiger partial charge in [0.1, 0.15) is 0 Å². The SMILES string of the molecule is CNCC(CC(C)(C)C)NC(=O)N1CCC[C@@H]([C@@](O)(CCCCOC)c2cccc(F)c2OCC2CC2)C1. The van der Waals surface area contributed by atoms with Crippen molar-refractivity contribution >= 4 is 6.03 Å². The number of hydrogen-bond donors (Lipinski definition) is 3. The standard InChI is InChI=1S/C30H50FN3O4/c1-29(2,3)18-24(19-32-4)33-28(35)34-16-9-10-23(20-34)30(36,15-6-7-17-37-5)25-11-8-12-26(31)27(25)38-21-22-13-14-22/h8,11-12,22-24,32,36H,6-7,9-10,13-21H2,1-5H3,(H,33,35)/t23-,24?,30+/m1/s1. The van der Waals surface area contributed by atoms with Gasteiger partial charge in [-0.15, -0.1) is 0 Å². The number of rotatable bonds is 14. The number of likely N-dealkylation sites (N-methyl/N-ethyl adjacent to an activating group) is 1. The Morgan fingerprint density at radius 2 is 2.00 bits per heavy atom. The summed E-state index contributed by atoms with van der Waals surface area (Å²) in [6.45, 7) is 9.32. The first-order valence-electron chi connectivity index (χ1n) is 14.4. The van der Waals surface area contributed by atoms with Gasteiger partial charge in [-0.3, -0.25) is 0 Å². The maximum Gasteiger partial charge on any atom is 0.317 e. The molecule has 2 fully saturated rings. The topological polar surface area (TPSA) is 83.1 Å². The number of unbranched alkanes of at least 4 members (excludes halogenated alkanes) is 1. The van der Waals surface area contributed by atoms with Crippen LogP contribution in [0.3, 0.4) is 0 Å². The number of nitrogens with zero attached hydrogens (tertiary/aromatic N) is 1. The Bertz CT molecular complexity index is 889. The predicted octanol–water partition coefficient (Wildman–Crippen LogP) is 5.06. The minimum atomic E-state index is -1.32. The highest BCUT2D eigenvalue weighted by molar-refractivity contribution is 5.74. The molecular weight excluding hydrogens is 485 g/mol. The molecule has 3 rings (SSSR count). The van der Waals surface area contributed by atoms with Crippen LogP contribution in [0, 0.1) is 23.1 Å². The van der Waals surface area contributed by atoms with E-state index in [1.165, 1.54) is 6.07 Å². The van der Waals surface area contributed by atoms with Crippen LogP contribution in [0.5, 0.6) is 5.75 Å². The number of carbonyl (C=O) groups excluding carboxylic acids is 1. The number of amides is 2. The van der Waals surface area contributed by atoms with Gasteiger partial charge in [-0.1, -0.05) is 32.9 Å². The molecule has 7 nitrogen and oxygen atoms in total. The van der Waals surface area contributed by atoms with Crippen molar-refractivity contribution in [3.63, 3.8) is 0 Å². The van der Waals surface area contributed by atoms with Gasteiger partial charge in [0.05, 0.1) is 12.2 Å². The molecule has 2 amide bonds. The Morgan fingerprint density at radius 3 is 2.66 bits per heavy atom. The summed E-state index contributed by atoms with van der Waals surface area (Å²) in [7, 11) is 3.56. The molecule has 1 unspecified atom stereocenters. The molecule has 0 bridgehead atoms. The Balaban J connectivity index is 1.82. The highest BCUT2D eigenvalue weighted by atomic mass is 19.1. The van der Waals surface area contributed by atoms with Gasteiger partial charge in [0, 0.05) is 50.9 Å². The van der Waals surface area contributed by atoms with Crippen LogP contribution < -0.4 is 15.4 Å². The first-order chi connectivity index (χ1) is 18.1. The molecule has 2 aliphatic rings. The number of hydrogen-bond acceptors (Lipinski definition) is 5. The molecule has 3 atom stereocenters. The van der Waals surface area contributed by atoms with E-state index in [4.69, 9.17) is 9.47 Å². The van der Waals surface area contributed by atoms with Crippen molar-refractivity contribution in [2.45, 2.75) is 83.8 Å². The Morgan fingerprint density at radius 1 is 1.24 bits per heavy atom. The monoisotopic (exact) mass is 535 g/mol. The largest absolute Gasteiger partial charge is 0.490 e. The molecule has 1 aromatic rings. The van der Waals surface area contributed by atoms with Crippen LogP contribution >= 0.6 is 0 Å². The van der Waals surface area contributed by atoms with Gasteiger partial charge in [0.2, 0.25) is 0 Å². The number of halogens is 1. The fourth-order valence-electron chi connectivity index (χ4n) is 5.66. The van der Waals surface area contributed by atoms with Gasteiger partial charge in [-0.05, 0) is 75.8 Å². The van der Waals surface area contributed by atoms with E-state index in [-0.39, 0.29) is 29.2 Å². The van der Waals surface area contributed by atoms with Crippen molar-refractivity contribution in [2.75, 3.05) is 47.0 Å². The van der Waals surface area contributed by atoms with E-state index in [1.807, 2.05) is 11.9 Å². The van der Waals surface area contributed by atoms with Crippen LogP contribution in [0.2, 0.25) is 0 Å². The number of urea groups is 1. The lowest BCUT2D eigenvalue weighted by Gasteiger charge is -2.43. The quantitative estimate of drug-likeness (QED) is 0.290. The lowest BCUT2D eigenvalue weighted by Crippen LogP contribution is -2.54. The molecule has 3 N–H and O–H groups in total. The number of para-hydroxylation sites is 1. The summed E-state index contributed by atoms with van der Waals surface area (Å²) < 4.78 is 26.3. The summed E-state index contributed by atoms with van der Waals surface area (Å²) in [5.41, 5.74) is -0.733. The number of benzene rings is 1. The first kappa shape index (κ1) is 30.6. The van der Waals surface area contributed by atoms with Crippen LogP contribution in [0.4, 0.5) is 9.18 Å². The molecule has 1 heterocycles. The zero-order valence-electron chi connectivity index (χ0n) is 24.2. The summed E-state index contributed by atoms with van der Waals surface area (Å²) in [4.78, 5) is 15.2. The van der Waals surface area contributed by atoms with E-state index in [1.54, 1.807) is 19.2 Å². The van der Waals surface area contributed by atoms with Crippen molar-refractivity contribution in [2.24, 2.45) is 17.3 Å². The van der Waals surface area contributed by atoms with Gasteiger partial charge >= 0.3 is 6.03 Å². The van der Waals surface area contributed by atoms with Crippen LogP contribution in [-0.4, -0.2) is 69.1 Å². The minimum absolute atomic E-state index is 0.00597. The average molecular weight is 536 g/mol. The van der Waals surface area contributed by atoms with Crippen LogP contribution in [0.15, 0.2) is 18.2 Å².